The summed E-state index contributed by atoms with van der Waals surface area (Å²) in [5.74, 6) is 0.670. The molecule has 0 aliphatic carbocycles. The number of anilines is 4. The Labute approximate surface area is 135 Å². The maximum Gasteiger partial charge on any atom is 0.222 e. The summed E-state index contributed by atoms with van der Waals surface area (Å²) in [6.07, 6.45) is 1.45. The Morgan fingerprint density at radius 1 is 1.22 bits per heavy atom. The summed E-state index contributed by atoms with van der Waals surface area (Å²) in [5, 5.41) is 3.07. The van der Waals surface area contributed by atoms with Crippen molar-refractivity contribution >= 4 is 33.8 Å². The van der Waals surface area contributed by atoms with E-state index in [0.29, 0.717) is 17.1 Å². The molecule has 0 bridgehead atoms. The lowest BCUT2D eigenvalue weighted by Crippen LogP contribution is -2.06. The van der Waals surface area contributed by atoms with Crippen molar-refractivity contribution < 1.29 is 13.2 Å². The predicted octanol–water partition coefficient (Wildman–Crippen LogP) is 1.49. The van der Waals surface area contributed by atoms with E-state index in [1.807, 2.05) is 13.8 Å². The highest BCUT2D eigenvalue weighted by Gasteiger charge is 2.16. The Kier molecular flexibility index (Phi) is 4.89. The van der Waals surface area contributed by atoms with Gasteiger partial charge in [0.15, 0.2) is 16.5 Å². The van der Waals surface area contributed by atoms with Gasteiger partial charge in [0.1, 0.15) is 16.3 Å². The fourth-order valence-corrected chi connectivity index (χ4v) is 2.70. The number of rotatable bonds is 5. The number of ether oxygens (including phenoxy) is 1. The van der Waals surface area contributed by atoms with E-state index < -0.39 is 10.7 Å². The van der Waals surface area contributed by atoms with Crippen molar-refractivity contribution in [1.82, 2.24) is 9.97 Å². The number of methoxy groups -OCH3 is 1. The van der Waals surface area contributed by atoms with E-state index in [9.17, 15) is 8.42 Å². The Morgan fingerprint density at radius 2 is 1.91 bits per heavy atom. The quantitative estimate of drug-likeness (QED) is 0.603. The molecule has 124 valence electrons. The second-order valence-corrected chi connectivity index (χ2v) is 6.17. The van der Waals surface area contributed by atoms with E-state index in [1.54, 1.807) is 6.07 Å². The number of nitrogens with two attached hydrogens (primary N) is 2. The largest absolute Gasteiger partial charge is 0.495 e. The van der Waals surface area contributed by atoms with Crippen LogP contribution in [-0.4, -0.2) is 25.5 Å². The summed E-state index contributed by atoms with van der Waals surface area (Å²) in [5.41, 5.74) is 13.2. The molecule has 0 aliphatic rings. The lowest BCUT2D eigenvalue weighted by atomic mass is 10.0. The van der Waals surface area contributed by atoms with Crippen molar-refractivity contribution in [3.63, 3.8) is 0 Å². The van der Waals surface area contributed by atoms with E-state index >= 15 is 0 Å². The molecule has 8 nitrogen and oxygen atoms in total. The molecule has 1 aromatic heterocycles. The molecule has 5 N–H and O–H groups in total. The number of hydrogen-bond donors (Lipinski definition) is 4. The number of nitrogen functional groups attached to an aromatic ring is 2. The molecule has 0 unspecified atom stereocenters. The molecule has 1 heterocycles. The molecular weight excluding hydrogens is 318 g/mol. The maximum atomic E-state index is 11.4. The Morgan fingerprint density at radius 3 is 2.43 bits per heavy atom. The summed E-state index contributed by atoms with van der Waals surface area (Å²) in [7, 11) is -1.37. The molecule has 0 amide bonds. The van der Waals surface area contributed by atoms with E-state index in [2.05, 4.69) is 15.3 Å². The van der Waals surface area contributed by atoms with E-state index in [-0.39, 0.29) is 22.6 Å². The highest BCUT2D eigenvalue weighted by molar-refractivity contribution is 7.72. The number of aromatic nitrogens is 2. The van der Waals surface area contributed by atoms with Gasteiger partial charge in [-0.25, -0.2) is 13.4 Å². The predicted molar refractivity (Wildman–Crippen MR) is 89.8 cm³/mol. The molecular formula is C14H19N5O3S. The van der Waals surface area contributed by atoms with Crippen LogP contribution in [0.15, 0.2) is 23.2 Å². The van der Waals surface area contributed by atoms with Crippen molar-refractivity contribution in [3.05, 3.63) is 23.9 Å². The zero-order valence-electron chi connectivity index (χ0n) is 13.0. The minimum absolute atomic E-state index is 0.0650. The van der Waals surface area contributed by atoms with Crippen LogP contribution in [-0.2, 0) is 10.7 Å². The summed E-state index contributed by atoms with van der Waals surface area (Å²) in [6.45, 7) is 3.97. The SMILES string of the molecule is COc1cc(C(C)C)c(Nc2cnc(N)nc2N)cc1[SH](=O)=O. The van der Waals surface area contributed by atoms with Crippen LogP contribution < -0.4 is 21.5 Å². The summed E-state index contributed by atoms with van der Waals surface area (Å²) < 4.78 is 28.0. The molecule has 1 aromatic carbocycles. The van der Waals surface area contributed by atoms with Gasteiger partial charge in [-0.3, -0.25) is 0 Å². The van der Waals surface area contributed by atoms with Gasteiger partial charge in [0, 0.05) is 5.69 Å². The Balaban J connectivity index is 2.57. The van der Waals surface area contributed by atoms with Crippen LogP contribution in [0.1, 0.15) is 25.3 Å². The molecule has 0 saturated heterocycles. The van der Waals surface area contributed by atoms with Gasteiger partial charge >= 0.3 is 0 Å². The number of thiol groups is 1. The first-order chi connectivity index (χ1) is 10.8. The van der Waals surface area contributed by atoms with Crippen LogP contribution >= 0.6 is 0 Å². The van der Waals surface area contributed by atoms with Crippen LogP contribution in [0.3, 0.4) is 0 Å². The molecule has 0 saturated carbocycles. The van der Waals surface area contributed by atoms with Crippen LogP contribution in [0.4, 0.5) is 23.1 Å². The number of benzene rings is 1. The van der Waals surface area contributed by atoms with Gasteiger partial charge in [0.2, 0.25) is 5.95 Å². The van der Waals surface area contributed by atoms with Crippen LogP contribution in [0.2, 0.25) is 0 Å². The van der Waals surface area contributed by atoms with Crippen molar-refractivity contribution in [3.8, 4) is 5.75 Å². The van der Waals surface area contributed by atoms with Crippen molar-refractivity contribution in [2.75, 3.05) is 23.9 Å². The lowest BCUT2D eigenvalue weighted by Gasteiger charge is -2.18. The third-order valence-electron chi connectivity index (χ3n) is 3.28. The molecule has 0 aliphatic heterocycles. The topological polar surface area (TPSA) is 133 Å². The Hall–Kier alpha value is -2.55. The Bertz CT molecular complexity index is 797. The van der Waals surface area contributed by atoms with Crippen molar-refractivity contribution in [1.29, 1.82) is 0 Å². The highest BCUT2D eigenvalue weighted by atomic mass is 32.2. The summed E-state index contributed by atoms with van der Waals surface area (Å²) in [4.78, 5) is 7.84. The molecule has 23 heavy (non-hydrogen) atoms. The lowest BCUT2D eigenvalue weighted by molar-refractivity contribution is 0.402. The van der Waals surface area contributed by atoms with Gasteiger partial charge in [0.05, 0.1) is 13.3 Å². The minimum atomic E-state index is -2.80. The zero-order valence-corrected chi connectivity index (χ0v) is 13.9. The summed E-state index contributed by atoms with van der Waals surface area (Å²) >= 11 is 0. The third kappa shape index (κ3) is 3.62. The van der Waals surface area contributed by atoms with Crippen LogP contribution in [0.25, 0.3) is 0 Å². The average Bonchev–Trinajstić information content (AvgIpc) is 2.49. The fourth-order valence-electron chi connectivity index (χ4n) is 2.13. The molecule has 2 rings (SSSR count). The monoisotopic (exact) mass is 337 g/mol. The van der Waals surface area contributed by atoms with Gasteiger partial charge in [-0.1, -0.05) is 13.8 Å². The van der Waals surface area contributed by atoms with Crippen LogP contribution in [0, 0.1) is 0 Å². The standard InChI is InChI=1S/C14H19N5O3S/c1-7(2)8-4-11(22-3)12(23(20)21)5-9(8)18-10-6-17-14(16)19-13(10)15/h4-7,18,23H,1-3H3,(H4,15,16,17,19). The van der Waals surface area contributed by atoms with Gasteiger partial charge in [0.25, 0.3) is 0 Å². The van der Waals surface area contributed by atoms with E-state index in [0.717, 1.165) is 5.56 Å². The molecule has 0 radical (unpaired) electrons. The zero-order chi connectivity index (χ0) is 17.1. The van der Waals surface area contributed by atoms with Gasteiger partial charge < -0.3 is 21.5 Å². The first-order valence-electron chi connectivity index (χ1n) is 6.84. The molecule has 9 heteroatoms. The minimum Gasteiger partial charge on any atom is -0.495 e. The second kappa shape index (κ2) is 6.69. The second-order valence-electron chi connectivity index (χ2n) is 5.18. The fraction of sp³-hybridized carbons (Fsp3) is 0.286. The van der Waals surface area contributed by atoms with E-state index in [4.69, 9.17) is 16.2 Å². The first kappa shape index (κ1) is 16.8. The van der Waals surface area contributed by atoms with Crippen LogP contribution in [0.5, 0.6) is 5.75 Å². The third-order valence-corrected chi connectivity index (χ3v) is 4.02. The van der Waals surface area contributed by atoms with Crippen molar-refractivity contribution in [2.45, 2.75) is 24.7 Å². The van der Waals surface area contributed by atoms with Gasteiger partial charge in [-0.2, -0.15) is 4.98 Å². The first-order valence-corrected chi connectivity index (χ1v) is 8.02. The van der Waals surface area contributed by atoms with Gasteiger partial charge in [-0.05, 0) is 23.6 Å². The molecule has 0 atom stereocenters. The average molecular weight is 337 g/mol. The number of hydrogen-bond acceptors (Lipinski definition) is 8. The molecule has 0 fully saturated rings. The maximum absolute atomic E-state index is 11.4. The number of nitrogens with one attached hydrogen (secondary N) is 1. The van der Waals surface area contributed by atoms with Crippen molar-refractivity contribution in [2.24, 2.45) is 0 Å². The smallest absolute Gasteiger partial charge is 0.222 e. The van der Waals surface area contributed by atoms with Gasteiger partial charge in [-0.15, -0.1) is 0 Å². The number of nitrogens with zero attached hydrogens (tertiary/aromatic N) is 2. The highest BCUT2D eigenvalue weighted by Crippen LogP contribution is 2.35. The normalized spacial score (nSPS) is 11.0. The molecule has 0 spiro atoms. The van der Waals surface area contributed by atoms with E-state index in [1.165, 1.54) is 19.4 Å². The molecule has 2 aromatic rings. The summed E-state index contributed by atoms with van der Waals surface area (Å²) in [6, 6.07) is 3.21.